The number of benzene rings is 1. The summed E-state index contributed by atoms with van der Waals surface area (Å²) >= 11 is 5.82. The lowest BCUT2D eigenvalue weighted by molar-refractivity contribution is 0.629. The Morgan fingerprint density at radius 1 is 1.38 bits per heavy atom. The summed E-state index contributed by atoms with van der Waals surface area (Å²) in [4.78, 5) is 4.14. The van der Waals surface area contributed by atoms with Gasteiger partial charge >= 0.3 is 0 Å². The molecule has 0 saturated carbocycles. The predicted octanol–water partition coefficient (Wildman–Crippen LogP) is 1.71. The zero-order valence-corrected chi connectivity index (χ0v) is 9.72. The van der Waals surface area contributed by atoms with E-state index < -0.39 is 0 Å². The molecule has 0 aliphatic heterocycles. The van der Waals surface area contributed by atoms with Crippen molar-refractivity contribution >= 4 is 11.6 Å². The molecule has 1 unspecified atom stereocenters. The van der Waals surface area contributed by atoms with Crippen LogP contribution in [-0.2, 0) is 13.5 Å². The highest BCUT2D eigenvalue weighted by Gasteiger charge is 2.10. The van der Waals surface area contributed by atoms with E-state index in [-0.39, 0.29) is 6.04 Å². The summed E-state index contributed by atoms with van der Waals surface area (Å²) < 4.78 is 1.73. The monoisotopic (exact) mass is 236 g/mol. The Morgan fingerprint density at radius 3 is 2.62 bits per heavy atom. The van der Waals surface area contributed by atoms with Gasteiger partial charge in [-0.05, 0) is 17.7 Å². The SMILES string of the molecule is Cn1ncnc1CC(N)c1ccc(Cl)cc1. The van der Waals surface area contributed by atoms with Crippen molar-refractivity contribution < 1.29 is 0 Å². The van der Waals surface area contributed by atoms with Crippen molar-refractivity contribution in [2.75, 3.05) is 0 Å². The minimum absolute atomic E-state index is 0.0832. The first-order valence-corrected chi connectivity index (χ1v) is 5.38. The molecule has 0 radical (unpaired) electrons. The molecule has 0 bridgehead atoms. The highest BCUT2D eigenvalue weighted by Crippen LogP contribution is 2.17. The van der Waals surface area contributed by atoms with Gasteiger partial charge < -0.3 is 5.73 Å². The Morgan fingerprint density at radius 2 is 2.06 bits per heavy atom. The molecule has 84 valence electrons. The van der Waals surface area contributed by atoms with Crippen LogP contribution in [-0.4, -0.2) is 14.8 Å². The molecule has 16 heavy (non-hydrogen) atoms. The van der Waals surface area contributed by atoms with Crippen molar-refractivity contribution in [3.63, 3.8) is 0 Å². The Kier molecular flexibility index (Phi) is 3.22. The molecule has 4 nitrogen and oxygen atoms in total. The fraction of sp³-hybridized carbons (Fsp3) is 0.273. The third-order valence-corrected chi connectivity index (χ3v) is 2.76. The number of hydrogen-bond acceptors (Lipinski definition) is 3. The fourth-order valence-electron chi connectivity index (χ4n) is 1.53. The molecule has 2 N–H and O–H groups in total. The summed E-state index contributed by atoms with van der Waals surface area (Å²) in [5.74, 6) is 0.877. The number of rotatable bonds is 3. The lowest BCUT2D eigenvalue weighted by atomic mass is 10.0. The molecule has 0 amide bonds. The van der Waals surface area contributed by atoms with Crippen LogP contribution >= 0.6 is 11.6 Å². The van der Waals surface area contributed by atoms with Crippen LogP contribution in [0.5, 0.6) is 0 Å². The summed E-state index contributed by atoms with van der Waals surface area (Å²) in [6.07, 6.45) is 2.20. The minimum Gasteiger partial charge on any atom is -0.324 e. The average Bonchev–Trinajstić information content (AvgIpc) is 2.65. The van der Waals surface area contributed by atoms with Gasteiger partial charge in [0.15, 0.2) is 0 Å². The molecule has 0 spiro atoms. The maximum Gasteiger partial charge on any atom is 0.138 e. The fourth-order valence-corrected chi connectivity index (χ4v) is 1.66. The van der Waals surface area contributed by atoms with Crippen molar-refractivity contribution in [2.45, 2.75) is 12.5 Å². The van der Waals surface area contributed by atoms with Crippen LogP contribution in [0.3, 0.4) is 0 Å². The van der Waals surface area contributed by atoms with E-state index in [2.05, 4.69) is 10.1 Å². The van der Waals surface area contributed by atoms with Crippen molar-refractivity contribution in [3.05, 3.63) is 47.0 Å². The van der Waals surface area contributed by atoms with Crippen LogP contribution in [0.1, 0.15) is 17.4 Å². The molecular formula is C11H13ClN4. The minimum atomic E-state index is -0.0832. The summed E-state index contributed by atoms with van der Waals surface area (Å²) in [6, 6.07) is 7.47. The van der Waals surface area contributed by atoms with E-state index in [0.29, 0.717) is 6.42 Å². The summed E-state index contributed by atoms with van der Waals surface area (Å²) in [5, 5.41) is 4.72. The van der Waals surface area contributed by atoms with Crippen molar-refractivity contribution in [1.29, 1.82) is 0 Å². The molecule has 0 aliphatic carbocycles. The van der Waals surface area contributed by atoms with Crippen molar-refractivity contribution in [3.8, 4) is 0 Å². The molecule has 1 aromatic carbocycles. The topological polar surface area (TPSA) is 56.7 Å². The van der Waals surface area contributed by atoms with Gasteiger partial charge in [0.05, 0.1) is 0 Å². The maximum atomic E-state index is 6.08. The molecule has 1 aromatic heterocycles. The summed E-state index contributed by atoms with van der Waals surface area (Å²) in [6.45, 7) is 0. The lowest BCUT2D eigenvalue weighted by Gasteiger charge is -2.11. The lowest BCUT2D eigenvalue weighted by Crippen LogP contribution is -2.16. The van der Waals surface area contributed by atoms with Crippen LogP contribution in [0.2, 0.25) is 5.02 Å². The predicted molar refractivity (Wildman–Crippen MR) is 63.1 cm³/mol. The van der Waals surface area contributed by atoms with Gasteiger partial charge in [-0.3, -0.25) is 4.68 Å². The van der Waals surface area contributed by atoms with Gasteiger partial charge in [0.1, 0.15) is 12.2 Å². The first-order valence-electron chi connectivity index (χ1n) is 5.00. The second-order valence-electron chi connectivity index (χ2n) is 3.66. The van der Waals surface area contributed by atoms with Crippen molar-refractivity contribution in [1.82, 2.24) is 14.8 Å². The van der Waals surface area contributed by atoms with Gasteiger partial charge in [0, 0.05) is 24.5 Å². The number of aromatic nitrogens is 3. The van der Waals surface area contributed by atoms with Crippen molar-refractivity contribution in [2.24, 2.45) is 12.8 Å². The smallest absolute Gasteiger partial charge is 0.138 e. The molecule has 2 rings (SSSR count). The number of halogens is 1. The van der Waals surface area contributed by atoms with Gasteiger partial charge in [0.25, 0.3) is 0 Å². The third-order valence-electron chi connectivity index (χ3n) is 2.51. The average molecular weight is 237 g/mol. The Labute approximate surface area is 99.1 Å². The zero-order chi connectivity index (χ0) is 11.5. The van der Waals surface area contributed by atoms with Crippen LogP contribution in [0.15, 0.2) is 30.6 Å². The van der Waals surface area contributed by atoms with E-state index in [9.17, 15) is 0 Å². The molecule has 0 saturated heterocycles. The molecular weight excluding hydrogens is 224 g/mol. The molecule has 0 fully saturated rings. The summed E-state index contributed by atoms with van der Waals surface area (Å²) in [5.41, 5.74) is 7.13. The Bertz CT molecular complexity index is 463. The first kappa shape index (κ1) is 11.1. The highest BCUT2D eigenvalue weighted by atomic mass is 35.5. The second kappa shape index (κ2) is 4.63. The third kappa shape index (κ3) is 2.40. The van der Waals surface area contributed by atoms with Gasteiger partial charge in [-0.2, -0.15) is 5.10 Å². The zero-order valence-electron chi connectivity index (χ0n) is 8.97. The highest BCUT2D eigenvalue weighted by molar-refractivity contribution is 6.30. The number of aryl methyl sites for hydroxylation is 1. The molecule has 2 aromatic rings. The standard InChI is InChI=1S/C11H13ClN4/c1-16-11(14-7-15-16)6-10(13)8-2-4-9(12)5-3-8/h2-5,7,10H,6,13H2,1H3. The van der Waals surface area contributed by atoms with E-state index in [4.69, 9.17) is 17.3 Å². The summed E-state index contributed by atoms with van der Waals surface area (Å²) in [7, 11) is 1.86. The van der Waals surface area contributed by atoms with E-state index in [1.807, 2.05) is 31.3 Å². The Hall–Kier alpha value is -1.39. The van der Waals surface area contributed by atoms with E-state index in [0.717, 1.165) is 16.4 Å². The van der Waals surface area contributed by atoms with Gasteiger partial charge in [-0.1, -0.05) is 23.7 Å². The van der Waals surface area contributed by atoms with E-state index >= 15 is 0 Å². The van der Waals surface area contributed by atoms with E-state index in [1.54, 1.807) is 4.68 Å². The number of nitrogens with zero attached hydrogens (tertiary/aromatic N) is 3. The number of hydrogen-bond donors (Lipinski definition) is 1. The molecule has 1 heterocycles. The first-order chi connectivity index (χ1) is 7.66. The van der Waals surface area contributed by atoms with Crippen LogP contribution in [0.4, 0.5) is 0 Å². The molecule has 0 aliphatic rings. The van der Waals surface area contributed by atoms with Gasteiger partial charge in [-0.15, -0.1) is 0 Å². The Balaban J connectivity index is 2.11. The van der Waals surface area contributed by atoms with E-state index in [1.165, 1.54) is 6.33 Å². The van der Waals surface area contributed by atoms with Crippen LogP contribution in [0.25, 0.3) is 0 Å². The molecule has 1 atom stereocenters. The molecule has 5 heteroatoms. The second-order valence-corrected chi connectivity index (χ2v) is 4.10. The van der Waals surface area contributed by atoms with Gasteiger partial charge in [-0.25, -0.2) is 4.98 Å². The van der Waals surface area contributed by atoms with Crippen LogP contribution < -0.4 is 5.73 Å². The maximum absolute atomic E-state index is 6.08. The largest absolute Gasteiger partial charge is 0.324 e. The normalized spacial score (nSPS) is 12.7. The number of nitrogens with two attached hydrogens (primary N) is 1. The van der Waals surface area contributed by atoms with Gasteiger partial charge in [0.2, 0.25) is 0 Å². The quantitative estimate of drug-likeness (QED) is 0.883. The van der Waals surface area contributed by atoms with Crippen LogP contribution in [0, 0.1) is 0 Å².